The van der Waals surface area contributed by atoms with Crippen LogP contribution in [0, 0.1) is 5.92 Å². The second-order valence-electron chi connectivity index (χ2n) is 8.83. The van der Waals surface area contributed by atoms with Crippen LogP contribution < -0.4 is 10.6 Å². The van der Waals surface area contributed by atoms with Gasteiger partial charge in [0.05, 0.1) is 6.54 Å². The Hall–Kier alpha value is -3.49. The Morgan fingerprint density at radius 2 is 1.62 bits per heavy atom. The topological polar surface area (TPSA) is 105 Å². The number of carboxylic acid groups (broad SMARTS) is 1. The molecule has 3 N–H and O–H groups in total. The fourth-order valence-electron chi connectivity index (χ4n) is 4.84. The lowest BCUT2D eigenvalue weighted by Crippen LogP contribution is -2.50. The van der Waals surface area contributed by atoms with Crippen molar-refractivity contribution in [3.63, 3.8) is 0 Å². The SMILES string of the molecule is O=C(O)C[C@H]1CC[C@@H](NC(=O)C(F)(F)CNC(=O)OCC2c3ccccc3-c3ccccc32)C1. The van der Waals surface area contributed by atoms with Crippen LogP contribution in [0.4, 0.5) is 13.6 Å². The Kier molecular flexibility index (Phi) is 6.81. The maximum absolute atomic E-state index is 14.3. The molecule has 0 unspecified atom stereocenters. The number of ether oxygens (including phenoxy) is 1. The number of rotatable bonds is 8. The molecular formula is C25H26F2N2O5. The number of benzene rings is 2. The molecule has 4 rings (SSSR count). The van der Waals surface area contributed by atoms with Gasteiger partial charge in [0.1, 0.15) is 6.61 Å². The van der Waals surface area contributed by atoms with E-state index in [0.717, 1.165) is 22.3 Å². The van der Waals surface area contributed by atoms with Gasteiger partial charge in [-0.2, -0.15) is 8.78 Å². The number of carbonyl (C=O) groups is 3. The summed E-state index contributed by atoms with van der Waals surface area (Å²) in [6, 6.07) is 15.0. The number of hydrogen-bond donors (Lipinski definition) is 3. The van der Waals surface area contributed by atoms with Gasteiger partial charge in [-0.15, -0.1) is 0 Å². The predicted molar refractivity (Wildman–Crippen MR) is 120 cm³/mol. The number of halogens is 2. The van der Waals surface area contributed by atoms with E-state index in [1.807, 2.05) is 53.8 Å². The van der Waals surface area contributed by atoms with Crippen LogP contribution in [0.15, 0.2) is 48.5 Å². The number of amides is 2. The number of fused-ring (bicyclic) bond motifs is 3. The summed E-state index contributed by atoms with van der Waals surface area (Å²) in [5.74, 6) is -6.61. The molecule has 0 aromatic heterocycles. The molecule has 2 atom stereocenters. The number of carboxylic acids is 1. The molecule has 1 fully saturated rings. The first kappa shape index (κ1) is 23.7. The minimum atomic E-state index is -3.82. The number of aliphatic carboxylic acids is 1. The van der Waals surface area contributed by atoms with E-state index in [-0.39, 0.29) is 24.9 Å². The van der Waals surface area contributed by atoms with E-state index in [2.05, 4.69) is 5.32 Å². The Balaban J connectivity index is 1.27. The van der Waals surface area contributed by atoms with Crippen molar-refractivity contribution < 1.29 is 33.0 Å². The second kappa shape index (κ2) is 9.79. The van der Waals surface area contributed by atoms with Crippen LogP contribution in [0.3, 0.4) is 0 Å². The Morgan fingerprint density at radius 3 is 2.24 bits per heavy atom. The van der Waals surface area contributed by atoms with Crippen molar-refractivity contribution in [2.45, 2.75) is 43.6 Å². The lowest BCUT2D eigenvalue weighted by atomic mass is 9.98. The van der Waals surface area contributed by atoms with Gasteiger partial charge >= 0.3 is 18.0 Å². The van der Waals surface area contributed by atoms with Gasteiger partial charge in [0.25, 0.3) is 5.91 Å². The molecule has 0 saturated heterocycles. The standard InChI is InChI=1S/C25H26F2N2O5/c26-25(27,23(32)29-16-10-9-15(11-16)12-22(30)31)14-28-24(33)34-13-21-19-7-3-1-5-17(19)18-6-2-4-8-20(18)21/h1-8,15-16,21H,9-14H2,(H,28,33)(H,29,32)(H,30,31)/t15-,16+/m0/s1. The summed E-state index contributed by atoms with van der Waals surface area (Å²) >= 11 is 0. The highest BCUT2D eigenvalue weighted by Crippen LogP contribution is 2.44. The van der Waals surface area contributed by atoms with Gasteiger partial charge in [0.2, 0.25) is 0 Å². The summed E-state index contributed by atoms with van der Waals surface area (Å²) in [4.78, 5) is 35.0. The highest BCUT2D eigenvalue weighted by atomic mass is 19.3. The molecule has 7 nitrogen and oxygen atoms in total. The number of nitrogens with one attached hydrogen (secondary N) is 2. The van der Waals surface area contributed by atoms with Crippen molar-refractivity contribution >= 4 is 18.0 Å². The van der Waals surface area contributed by atoms with E-state index < -0.39 is 36.5 Å². The first-order valence-electron chi connectivity index (χ1n) is 11.2. The second-order valence-corrected chi connectivity index (χ2v) is 8.83. The zero-order valence-corrected chi connectivity index (χ0v) is 18.4. The first-order valence-corrected chi connectivity index (χ1v) is 11.2. The fourth-order valence-corrected chi connectivity index (χ4v) is 4.84. The molecule has 180 valence electrons. The van der Waals surface area contributed by atoms with Crippen LogP contribution in [-0.2, 0) is 14.3 Å². The fraction of sp³-hybridized carbons (Fsp3) is 0.400. The summed E-state index contributed by atoms with van der Waals surface area (Å²) in [5, 5.41) is 13.1. The summed E-state index contributed by atoms with van der Waals surface area (Å²) in [5.41, 5.74) is 4.10. The van der Waals surface area contributed by atoms with Crippen molar-refractivity contribution in [1.82, 2.24) is 10.6 Å². The Morgan fingerprint density at radius 1 is 1.00 bits per heavy atom. The Bertz CT molecular complexity index is 1040. The van der Waals surface area contributed by atoms with Gasteiger partial charge in [-0.1, -0.05) is 48.5 Å². The maximum Gasteiger partial charge on any atom is 0.407 e. The average molecular weight is 472 g/mol. The van der Waals surface area contributed by atoms with Gasteiger partial charge in [-0.05, 0) is 47.4 Å². The van der Waals surface area contributed by atoms with Crippen molar-refractivity contribution in [2.24, 2.45) is 5.92 Å². The van der Waals surface area contributed by atoms with Crippen LogP contribution >= 0.6 is 0 Å². The number of alkyl halides is 2. The minimum absolute atomic E-state index is 0.0231. The molecule has 0 heterocycles. The summed E-state index contributed by atoms with van der Waals surface area (Å²) in [6.45, 7) is -1.22. The van der Waals surface area contributed by atoms with Crippen LogP contribution in [0.1, 0.15) is 42.7 Å². The van der Waals surface area contributed by atoms with E-state index in [1.54, 1.807) is 0 Å². The number of alkyl carbamates (subject to hydrolysis) is 1. The first-order chi connectivity index (χ1) is 16.2. The summed E-state index contributed by atoms with van der Waals surface area (Å²) in [6.07, 6.45) is 0.261. The van der Waals surface area contributed by atoms with Gasteiger partial charge < -0.3 is 20.5 Å². The lowest BCUT2D eigenvalue weighted by molar-refractivity contribution is -0.145. The van der Waals surface area contributed by atoms with Crippen LogP contribution in [0.5, 0.6) is 0 Å². The van der Waals surface area contributed by atoms with Crippen LogP contribution in [0.25, 0.3) is 11.1 Å². The molecule has 0 aliphatic heterocycles. The van der Waals surface area contributed by atoms with Crippen LogP contribution in [-0.4, -0.2) is 48.2 Å². The van der Waals surface area contributed by atoms with Crippen molar-refractivity contribution in [2.75, 3.05) is 13.2 Å². The number of hydrogen-bond acceptors (Lipinski definition) is 4. The molecule has 34 heavy (non-hydrogen) atoms. The van der Waals surface area contributed by atoms with Crippen LogP contribution in [0.2, 0.25) is 0 Å². The van der Waals surface area contributed by atoms with Crippen molar-refractivity contribution in [1.29, 1.82) is 0 Å². The van der Waals surface area contributed by atoms with E-state index in [0.29, 0.717) is 19.3 Å². The van der Waals surface area contributed by atoms with Gasteiger partial charge in [0.15, 0.2) is 0 Å². The largest absolute Gasteiger partial charge is 0.481 e. The van der Waals surface area contributed by atoms with Gasteiger partial charge in [-0.3, -0.25) is 9.59 Å². The minimum Gasteiger partial charge on any atom is -0.481 e. The van der Waals surface area contributed by atoms with E-state index >= 15 is 0 Å². The average Bonchev–Trinajstić information content (AvgIpc) is 3.37. The molecule has 2 aliphatic carbocycles. The monoisotopic (exact) mass is 472 g/mol. The third-order valence-corrected chi connectivity index (χ3v) is 6.47. The van der Waals surface area contributed by atoms with Gasteiger partial charge in [-0.25, -0.2) is 4.79 Å². The lowest BCUT2D eigenvalue weighted by Gasteiger charge is -2.20. The molecular weight excluding hydrogens is 446 g/mol. The molecule has 0 bridgehead atoms. The molecule has 2 aliphatic rings. The summed E-state index contributed by atoms with van der Waals surface area (Å²) < 4.78 is 33.8. The van der Waals surface area contributed by atoms with Crippen molar-refractivity contribution in [3.05, 3.63) is 59.7 Å². The van der Waals surface area contributed by atoms with E-state index in [1.165, 1.54) is 0 Å². The normalized spacial score (nSPS) is 19.2. The Labute approximate surface area is 195 Å². The molecule has 2 amide bonds. The third kappa shape index (κ3) is 5.18. The predicted octanol–water partition coefficient (Wildman–Crippen LogP) is 3.92. The molecule has 2 aromatic rings. The highest BCUT2D eigenvalue weighted by molar-refractivity contribution is 5.84. The third-order valence-electron chi connectivity index (χ3n) is 6.47. The van der Waals surface area contributed by atoms with Crippen molar-refractivity contribution in [3.8, 4) is 11.1 Å². The molecule has 1 saturated carbocycles. The smallest absolute Gasteiger partial charge is 0.407 e. The summed E-state index contributed by atoms with van der Waals surface area (Å²) in [7, 11) is 0. The number of carbonyl (C=O) groups excluding carboxylic acids is 2. The maximum atomic E-state index is 14.3. The quantitative estimate of drug-likeness (QED) is 0.540. The van der Waals surface area contributed by atoms with E-state index in [4.69, 9.17) is 9.84 Å². The zero-order valence-electron chi connectivity index (χ0n) is 18.4. The van der Waals surface area contributed by atoms with E-state index in [9.17, 15) is 23.2 Å². The van der Waals surface area contributed by atoms with Gasteiger partial charge in [0, 0.05) is 18.4 Å². The molecule has 9 heteroatoms. The molecule has 2 aromatic carbocycles. The molecule has 0 spiro atoms. The molecule has 0 radical (unpaired) electrons. The highest BCUT2D eigenvalue weighted by Gasteiger charge is 2.41. The zero-order chi connectivity index (χ0) is 24.3.